The van der Waals surface area contributed by atoms with E-state index in [2.05, 4.69) is 5.32 Å². The van der Waals surface area contributed by atoms with Crippen molar-refractivity contribution in [3.05, 3.63) is 29.3 Å². The summed E-state index contributed by atoms with van der Waals surface area (Å²) in [6, 6.07) is 5.83. The van der Waals surface area contributed by atoms with Crippen LogP contribution >= 0.6 is 0 Å². The fourth-order valence-corrected chi connectivity index (χ4v) is 4.88. The van der Waals surface area contributed by atoms with Crippen LogP contribution in [0.2, 0.25) is 0 Å². The molecule has 2 aliphatic heterocycles. The molecule has 0 aromatic heterocycles. The van der Waals surface area contributed by atoms with Gasteiger partial charge in [-0.05, 0) is 62.1 Å². The Labute approximate surface area is 169 Å². The Morgan fingerprint density at radius 1 is 1.00 bits per heavy atom. The molecule has 1 atom stereocenters. The number of hydrogen-bond donors (Lipinski definition) is 2. The number of aryl methyl sites for hydroxylation is 1. The lowest BCUT2D eigenvalue weighted by atomic mass is 9.81. The lowest BCUT2D eigenvalue weighted by Crippen LogP contribution is -2.41. The third kappa shape index (κ3) is 3.91. The molecule has 1 aromatic rings. The second kappa shape index (κ2) is 7.97. The van der Waals surface area contributed by atoms with E-state index in [1.165, 1.54) is 0 Å². The van der Waals surface area contributed by atoms with Crippen molar-refractivity contribution in [1.29, 1.82) is 0 Å². The summed E-state index contributed by atoms with van der Waals surface area (Å²) in [7, 11) is 0. The first-order valence-corrected chi connectivity index (χ1v) is 10.4. The Hall–Kier alpha value is -2.70. The Balaban J connectivity index is 1.50. The van der Waals surface area contributed by atoms with Crippen molar-refractivity contribution in [2.45, 2.75) is 57.3 Å². The molecule has 2 N–H and O–H groups in total. The second-order valence-corrected chi connectivity index (χ2v) is 8.37. The molecule has 1 unspecified atom stereocenters. The summed E-state index contributed by atoms with van der Waals surface area (Å²) in [5.74, 6) is -1.92. The number of amides is 3. The largest absolute Gasteiger partial charge is 0.481 e. The number of anilines is 1. The SMILES string of the molecule is O=C1CCC(c2ccc3c(c2)CCCN3C(=O)C2CCC(C(=O)O)CC2)C(=O)N1. The molecule has 7 nitrogen and oxygen atoms in total. The average molecular weight is 398 g/mol. The van der Waals surface area contributed by atoms with Gasteiger partial charge in [-0.3, -0.25) is 24.5 Å². The van der Waals surface area contributed by atoms with Crippen LogP contribution in [0.4, 0.5) is 5.69 Å². The van der Waals surface area contributed by atoms with E-state index in [-0.39, 0.29) is 35.5 Å². The minimum Gasteiger partial charge on any atom is -0.481 e. The molecule has 0 radical (unpaired) electrons. The van der Waals surface area contributed by atoms with Crippen LogP contribution in [0.1, 0.15) is 62.0 Å². The predicted molar refractivity (Wildman–Crippen MR) is 105 cm³/mol. The summed E-state index contributed by atoms with van der Waals surface area (Å²) in [5.41, 5.74) is 2.86. The first-order valence-electron chi connectivity index (χ1n) is 10.4. The van der Waals surface area contributed by atoms with Crippen molar-refractivity contribution in [1.82, 2.24) is 5.32 Å². The van der Waals surface area contributed by atoms with E-state index in [1.54, 1.807) is 0 Å². The van der Waals surface area contributed by atoms with Gasteiger partial charge in [-0.25, -0.2) is 0 Å². The van der Waals surface area contributed by atoms with E-state index in [0.29, 0.717) is 45.1 Å². The summed E-state index contributed by atoms with van der Waals surface area (Å²) in [5, 5.41) is 11.6. The van der Waals surface area contributed by atoms with E-state index < -0.39 is 5.97 Å². The molecule has 1 saturated heterocycles. The molecular formula is C22H26N2O5. The number of carboxylic acid groups (broad SMARTS) is 1. The Bertz CT molecular complexity index is 857. The Morgan fingerprint density at radius 2 is 1.72 bits per heavy atom. The normalized spacial score (nSPS) is 27.2. The second-order valence-electron chi connectivity index (χ2n) is 8.37. The quantitative estimate of drug-likeness (QED) is 0.761. The number of piperidine rings is 1. The Morgan fingerprint density at radius 3 is 2.41 bits per heavy atom. The van der Waals surface area contributed by atoms with Crippen LogP contribution in [0.5, 0.6) is 0 Å². The molecule has 7 heteroatoms. The molecule has 2 fully saturated rings. The third-order valence-electron chi connectivity index (χ3n) is 6.56. The molecule has 0 bridgehead atoms. The van der Waals surface area contributed by atoms with Gasteiger partial charge in [0, 0.05) is 24.6 Å². The lowest BCUT2D eigenvalue weighted by molar-refractivity contribution is -0.144. The highest BCUT2D eigenvalue weighted by atomic mass is 16.4. The van der Waals surface area contributed by atoms with Gasteiger partial charge in [-0.2, -0.15) is 0 Å². The van der Waals surface area contributed by atoms with Gasteiger partial charge in [0.25, 0.3) is 0 Å². The number of benzene rings is 1. The van der Waals surface area contributed by atoms with Crippen molar-refractivity contribution in [3.63, 3.8) is 0 Å². The number of nitrogens with one attached hydrogen (secondary N) is 1. The fraction of sp³-hybridized carbons (Fsp3) is 0.545. The minimum atomic E-state index is -0.764. The highest BCUT2D eigenvalue weighted by molar-refractivity contribution is 6.01. The molecule has 1 saturated carbocycles. The van der Waals surface area contributed by atoms with Crippen LogP contribution in [0.3, 0.4) is 0 Å². The first-order chi connectivity index (χ1) is 13.9. The van der Waals surface area contributed by atoms with E-state index >= 15 is 0 Å². The van der Waals surface area contributed by atoms with E-state index in [9.17, 15) is 19.2 Å². The highest BCUT2D eigenvalue weighted by Crippen LogP contribution is 2.36. The molecule has 0 spiro atoms. The molecule has 29 heavy (non-hydrogen) atoms. The maximum atomic E-state index is 13.1. The van der Waals surface area contributed by atoms with Gasteiger partial charge in [0.1, 0.15) is 0 Å². The van der Waals surface area contributed by atoms with Gasteiger partial charge in [0.2, 0.25) is 17.7 Å². The van der Waals surface area contributed by atoms with Crippen molar-refractivity contribution in [2.24, 2.45) is 11.8 Å². The number of carboxylic acids is 1. The number of nitrogens with zero attached hydrogens (tertiary/aromatic N) is 1. The van der Waals surface area contributed by atoms with Crippen molar-refractivity contribution in [3.8, 4) is 0 Å². The van der Waals surface area contributed by atoms with Gasteiger partial charge < -0.3 is 10.0 Å². The van der Waals surface area contributed by atoms with Gasteiger partial charge in [-0.1, -0.05) is 12.1 Å². The van der Waals surface area contributed by atoms with Crippen LogP contribution in [0, 0.1) is 11.8 Å². The van der Waals surface area contributed by atoms with Crippen LogP contribution in [-0.4, -0.2) is 35.3 Å². The third-order valence-corrected chi connectivity index (χ3v) is 6.56. The predicted octanol–water partition coefficient (Wildman–Crippen LogP) is 2.38. The average Bonchev–Trinajstić information content (AvgIpc) is 2.72. The number of carbonyl (C=O) groups excluding carboxylic acids is 3. The van der Waals surface area contributed by atoms with Crippen molar-refractivity contribution >= 4 is 29.4 Å². The Kier molecular flexibility index (Phi) is 5.39. The minimum absolute atomic E-state index is 0.0866. The number of carbonyl (C=O) groups is 4. The summed E-state index contributed by atoms with van der Waals surface area (Å²) < 4.78 is 0. The van der Waals surface area contributed by atoms with Gasteiger partial charge in [0.15, 0.2) is 0 Å². The summed E-state index contributed by atoms with van der Waals surface area (Å²) in [6.45, 7) is 0.669. The standard InChI is InChI=1S/C22H26N2O5/c25-19-10-8-17(20(26)23-19)15-7-9-18-16(12-15)2-1-11-24(18)21(27)13-3-5-14(6-4-13)22(28)29/h7,9,12-14,17H,1-6,8,10-11H2,(H,28,29)(H,23,25,26). The highest BCUT2D eigenvalue weighted by Gasteiger charge is 2.34. The fourth-order valence-electron chi connectivity index (χ4n) is 4.88. The first kappa shape index (κ1) is 19.6. The topological polar surface area (TPSA) is 104 Å². The molecule has 1 aromatic carbocycles. The maximum Gasteiger partial charge on any atom is 0.306 e. The zero-order chi connectivity index (χ0) is 20.5. The smallest absolute Gasteiger partial charge is 0.306 e. The molecule has 154 valence electrons. The number of aliphatic carboxylic acids is 1. The van der Waals surface area contributed by atoms with E-state index in [4.69, 9.17) is 5.11 Å². The molecule has 4 rings (SSSR count). The number of rotatable bonds is 3. The van der Waals surface area contributed by atoms with Gasteiger partial charge in [-0.15, -0.1) is 0 Å². The molecule has 3 aliphatic rings. The molecule has 3 amide bonds. The summed E-state index contributed by atoms with van der Waals surface area (Å²) in [4.78, 5) is 49.7. The van der Waals surface area contributed by atoms with Crippen LogP contribution < -0.4 is 10.2 Å². The number of imide groups is 1. The van der Waals surface area contributed by atoms with E-state index in [0.717, 1.165) is 29.7 Å². The zero-order valence-electron chi connectivity index (χ0n) is 16.4. The van der Waals surface area contributed by atoms with Crippen LogP contribution in [0.25, 0.3) is 0 Å². The maximum absolute atomic E-state index is 13.1. The molecule has 1 aliphatic carbocycles. The van der Waals surface area contributed by atoms with Gasteiger partial charge in [0.05, 0.1) is 11.8 Å². The molecule has 2 heterocycles. The zero-order valence-corrected chi connectivity index (χ0v) is 16.4. The molecular weight excluding hydrogens is 372 g/mol. The monoisotopic (exact) mass is 398 g/mol. The number of fused-ring (bicyclic) bond motifs is 1. The van der Waals surface area contributed by atoms with Crippen LogP contribution in [0.15, 0.2) is 18.2 Å². The number of hydrogen-bond acceptors (Lipinski definition) is 4. The summed E-state index contributed by atoms with van der Waals surface area (Å²) in [6.07, 6.45) is 4.93. The van der Waals surface area contributed by atoms with E-state index in [1.807, 2.05) is 23.1 Å². The van der Waals surface area contributed by atoms with Crippen LogP contribution in [-0.2, 0) is 25.6 Å². The van der Waals surface area contributed by atoms with Gasteiger partial charge >= 0.3 is 5.97 Å². The lowest BCUT2D eigenvalue weighted by Gasteiger charge is -2.35. The van der Waals surface area contributed by atoms with Crippen molar-refractivity contribution < 1.29 is 24.3 Å². The summed E-state index contributed by atoms with van der Waals surface area (Å²) >= 11 is 0. The van der Waals surface area contributed by atoms with Crippen molar-refractivity contribution in [2.75, 3.05) is 11.4 Å².